The van der Waals surface area contributed by atoms with Crippen molar-refractivity contribution in [3.05, 3.63) is 47.4 Å². The van der Waals surface area contributed by atoms with E-state index < -0.39 is 0 Å². The zero-order valence-electron chi connectivity index (χ0n) is 9.88. The molecule has 0 saturated heterocycles. The van der Waals surface area contributed by atoms with Crippen molar-refractivity contribution in [3.8, 4) is 5.75 Å². The Labute approximate surface area is 110 Å². The molecule has 0 fully saturated rings. The highest BCUT2D eigenvalue weighted by Gasteiger charge is 2.27. The number of hydrogen-bond donors (Lipinski definition) is 0. The number of aromatic nitrogens is 2. The molecule has 92 valence electrons. The highest BCUT2D eigenvalue weighted by atomic mass is 35.5. The van der Waals surface area contributed by atoms with E-state index >= 15 is 0 Å². The van der Waals surface area contributed by atoms with Gasteiger partial charge in [-0.3, -0.25) is 0 Å². The third-order valence-corrected chi connectivity index (χ3v) is 3.27. The molecule has 1 aromatic heterocycles. The van der Waals surface area contributed by atoms with Crippen molar-refractivity contribution in [2.75, 3.05) is 18.6 Å². The number of likely N-dealkylation sites (N-methyl/N-ethyl adjacent to an activating group) is 1. The summed E-state index contributed by atoms with van der Waals surface area (Å²) in [6.07, 6.45) is 1.61. The lowest BCUT2D eigenvalue weighted by molar-refractivity contribution is 0.265. The van der Waals surface area contributed by atoms with Crippen LogP contribution in [0, 0.1) is 0 Å². The van der Waals surface area contributed by atoms with E-state index in [4.69, 9.17) is 16.3 Å². The topological polar surface area (TPSA) is 38.2 Å². The molecule has 1 aromatic carbocycles. The Morgan fingerprint density at radius 2 is 2.11 bits per heavy atom. The number of ether oxygens (including phenoxy) is 1. The minimum absolute atomic E-state index is 0.143. The fourth-order valence-corrected chi connectivity index (χ4v) is 2.25. The fraction of sp³-hybridized carbons (Fsp3) is 0.231. The van der Waals surface area contributed by atoms with Crippen LogP contribution in [0.15, 0.2) is 36.5 Å². The van der Waals surface area contributed by atoms with E-state index in [1.165, 1.54) is 5.56 Å². The Morgan fingerprint density at radius 3 is 2.89 bits per heavy atom. The van der Waals surface area contributed by atoms with Gasteiger partial charge in [-0.15, -0.1) is 0 Å². The third kappa shape index (κ3) is 1.88. The lowest BCUT2D eigenvalue weighted by Gasteiger charge is -2.34. The molecule has 4 nitrogen and oxygen atoms in total. The van der Waals surface area contributed by atoms with Gasteiger partial charge in [0.25, 0.3) is 0 Å². The van der Waals surface area contributed by atoms with Gasteiger partial charge in [0.15, 0.2) is 11.6 Å². The minimum Gasteiger partial charge on any atom is -0.486 e. The third-order valence-electron chi connectivity index (χ3n) is 3.09. The van der Waals surface area contributed by atoms with Gasteiger partial charge in [0.05, 0.1) is 12.2 Å². The summed E-state index contributed by atoms with van der Waals surface area (Å²) < 4.78 is 5.69. The number of rotatable bonds is 1. The van der Waals surface area contributed by atoms with E-state index in [9.17, 15) is 0 Å². The summed E-state index contributed by atoms with van der Waals surface area (Å²) in [5.74, 6) is 1.41. The monoisotopic (exact) mass is 261 g/mol. The molecule has 0 radical (unpaired) electrons. The normalized spacial score (nSPS) is 18.1. The van der Waals surface area contributed by atoms with Crippen LogP contribution >= 0.6 is 11.6 Å². The first-order valence-electron chi connectivity index (χ1n) is 5.69. The first-order chi connectivity index (χ1) is 8.75. The van der Waals surface area contributed by atoms with Crippen LogP contribution in [-0.2, 0) is 0 Å². The summed E-state index contributed by atoms with van der Waals surface area (Å²) in [6, 6.07) is 10.3. The summed E-state index contributed by atoms with van der Waals surface area (Å²) in [7, 11) is 1.99. The molecule has 1 unspecified atom stereocenters. The highest BCUT2D eigenvalue weighted by molar-refractivity contribution is 6.28. The van der Waals surface area contributed by atoms with Crippen LogP contribution in [0.4, 0.5) is 5.82 Å². The van der Waals surface area contributed by atoms with Crippen molar-refractivity contribution in [1.82, 2.24) is 9.97 Å². The molecule has 1 atom stereocenters. The Hall–Kier alpha value is -1.81. The predicted octanol–water partition coefficient (Wildman–Crippen LogP) is 2.70. The standard InChI is InChI=1S/C13H12ClN3O/c1-17-10(9-5-3-2-4-6-9)8-18-11-7-15-13(14)16-12(11)17/h2-7,10H,8H2,1H3. The number of anilines is 1. The summed E-state index contributed by atoms with van der Waals surface area (Å²) in [5, 5.41) is 0.234. The van der Waals surface area contributed by atoms with E-state index in [0.29, 0.717) is 12.4 Å². The predicted molar refractivity (Wildman–Crippen MR) is 70.1 cm³/mol. The maximum Gasteiger partial charge on any atom is 0.224 e. The molecule has 18 heavy (non-hydrogen) atoms. The van der Waals surface area contributed by atoms with Gasteiger partial charge in [0.2, 0.25) is 5.28 Å². The Kier molecular flexibility index (Phi) is 2.80. The molecule has 0 N–H and O–H groups in total. The molecule has 1 aliphatic rings. The van der Waals surface area contributed by atoms with Crippen LogP contribution < -0.4 is 9.64 Å². The van der Waals surface area contributed by atoms with Crippen molar-refractivity contribution >= 4 is 17.4 Å². The Morgan fingerprint density at radius 1 is 1.33 bits per heavy atom. The Balaban J connectivity index is 1.99. The Bertz CT molecular complexity index is 561. The maximum atomic E-state index is 5.83. The van der Waals surface area contributed by atoms with Crippen LogP contribution in [-0.4, -0.2) is 23.6 Å². The van der Waals surface area contributed by atoms with Crippen LogP contribution in [0.1, 0.15) is 11.6 Å². The SMILES string of the molecule is CN1c2nc(Cl)ncc2OCC1c1ccccc1. The zero-order chi connectivity index (χ0) is 12.5. The van der Waals surface area contributed by atoms with Gasteiger partial charge >= 0.3 is 0 Å². The molecule has 2 heterocycles. The molecule has 0 saturated carbocycles. The number of fused-ring (bicyclic) bond motifs is 1. The number of hydrogen-bond acceptors (Lipinski definition) is 4. The van der Waals surface area contributed by atoms with Gasteiger partial charge in [-0.05, 0) is 17.2 Å². The molecule has 2 aromatic rings. The van der Waals surface area contributed by atoms with E-state index in [1.54, 1.807) is 6.20 Å². The summed E-state index contributed by atoms with van der Waals surface area (Å²) in [6.45, 7) is 0.582. The van der Waals surface area contributed by atoms with Crippen molar-refractivity contribution in [1.29, 1.82) is 0 Å². The van der Waals surface area contributed by atoms with Gasteiger partial charge < -0.3 is 9.64 Å². The highest BCUT2D eigenvalue weighted by Crippen LogP contribution is 2.36. The van der Waals surface area contributed by atoms with E-state index in [1.807, 2.05) is 25.2 Å². The molecule has 5 heteroatoms. The van der Waals surface area contributed by atoms with Gasteiger partial charge in [0, 0.05) is 7.05 Å². The first-order valence-corrected chi connectivity index (χ1v) is 6.06. The second kappa shape index (κ2) is 4.46. The van der Waals surface area contributed by atoms with Crippen molar-refractivity contribution < 1.29 is 4.74 Å². The van der Waals surface area contributed by atoms with Crippen LogP contribution in [0.5, 0.6) is 5.75 Å². The fourth-order valence-electron chi connectivity index (χ4n) is 2.12. The molecule has 3 rings (SSSR count). The molecule has 0 bridgehead atoms. The van der Waals surface area contributed by atoms with Gasteiger partial charge in [0.1, 0.15) is 6.61 Å². The molecular formula is C13H12ClN3O. The molecular weight excluding hydrogens is 250 g/mol. The lowest BCUT2D eigenvalue weighted by Crippen LogP contribution is -2.34. The molecule has 1 aliphatic heterocycles. The van der Waals surface area contributed by atoms with Crippen LogP contribution in [0.2, 0.25) is 5.28 Å². The van der Waals surface area contributed by atoms with E-state index in [0.717, 1.165) is 5.82 Å². The van der Waals surface area contributed by atoms with Crippen molar-refractivity contribution in [3.63, 3.8) is 0 Å². The summed E-state index contributed by atoms with van der Waals surface area (Å²) >= 11 is 5.83. The second-order valence-corrected chi connectivity index (χ2v) is 4.51. The quantitative estimate of drug-likeness (QED) is 0.740. The molecule has 0 spiro atoms. The van der Waals surface area contributed by atoms with Crippen molar-refractivity contribution in [2.45, 2.75) is 6.04 Å². The number of nitrogens with zero attached hydrogens (tertiary/aromatic N) is 3. The average Bonchev–Trinajstić information content (AvgIpc) is 2.41. The van der Waals surface area contributed by atoms with Gasteiger partial charge in [-0.2, -0.15) is 4.98 Å². The second-order valence-electron chi connectivity index (χ2n) is 4.18. The number of halogens is 1. The largest absolute Gasteiger partial charge is 0.486 e. The first kappa shape index (κ1) is 11.3. The summed E-state index contributed by atoms with van der Waals surface area (Å²) in [5.41, 5.74) is 1.19. The molecule has 0 amide bonds. The minimum atomic E-state index is 0.143. The van der Waals surface area contributed by atoms with E-state index in [2.05, 4.69) is 27.0 Å². The summed E-state index contributed by atoms with van der Waals surface area (Å²) in [4.78, 5) is 10.2. The van der Waals surface area contributed by atoms with Crippen LogP contribution in [0.25, 0.3) is 0 Å². The number of benzene rings is 1. The van der Waals surface area contributed by atoms with Gasteiger partial charge in [-0.1, -0.05) is 30.3 Å². The smallest absolute Gasteiger partial charge is 0.224 e. The van der Waals surface area contributed by atoms with E-state index in [-0.39, 0.29) is 11.3 Å². The molecule has 0 aliphatic carbocycles. The van der Waals surface area contributed by atoms with Crippen LogP contribution in [0.3, 0.4) is 0 Å². The lowest BCUT2D eigenvalue weighted by atomic mass is 10.1. The zero-order valence-corrected chi connectivity index (χ0v) is 10.6. The maximum absolute atomic E-state index is 5.83. The van der Waals surface area contributed by atoms with Gasteiger partial charge in [-0.25, -0.2) is 4.98 Å². The average molecular weight is 262 g/mol. The van der Waals surface area contributed by atoms with Crippen molar-refractivity contribution in [2.24, 2.45) is 0 Å².